The van der Waals surface area contributed by atoms with Gasteiger partial charge in [0.25, 0.3) is 5.91 Å². The van der Waals surface area contributed by atoms with Gasteiger partial charge < -0.3 is 10.6 Å². The summed E-state index contributed by atoms with van der Waals surface area (Å²) >= 11 is 0. The highest BCUT2D eigenvalue weighted by atomic mass is 16.2. The molecule has 0 heterocycles. The van der Waals surface area contributed by atoms with Gasteiger partial charge in [-0.15, -0.1) is 0 Å². The van der Waals surface area contributed by atoms with Gasteiger partial charge in [-0.25, -0.2) is 0 Å². The third-order valence-corrected chi connectivity index (χ3v) is 3.11. The summed E-state index contributed by atoms with van der Waals surface area (Å²) in [7, 11) is 0. The largest absolute Gasteiger partial charge is 0.339 e. The highest BCUT2D eigenvalue weighted by Gasteiger charge is 2.16. The SMILES string of the molecule is CCCCN(CC)C(=O)c1ccccc1CCN. The molecule has 0 unspecified atom stereocenters. The Kier molecular flexibility index (Phi) is 6.44. The van der Waals surface area contributed by atoms with Crippen LogP contribution < -0.4 is 5.73 Å². The number of nitrogens with two attached hydrogens (primary N) is 1. The van der Waals surface area contributed by atoms with Crippen molar-refractivity contribution in [1.29, 1.82) is 0 Å². The molecule has 3 heteroatoms. The van der Waals surface area contributed by atoms with Gasteiger partial charge in [0, 0.05) is 18.7 Å². The number of nitrogens with zero attached hydrogens (tertiary/aromatic N) is 1. The quantitative estimate of drug-likeness (QED) is 0.805. The van der Waals surface area contributed by atoms with Crippen molar-refractivity contribution < 1.29 is 4.79 Å². The van der Waals surface area contributed by atoms with Crippen LogP contribution in [-0.2, 0) is 6.42 Å². The van der Waals surface area contributed by atoms with Gasteiger partial charge in [-0.2, -0.15) is 0 Å². The highest BCUT2D eigenvalue weighted by molar-refractivity contribution is 5.95. The van der Waals surface area contributed by atoms with Gasteiger partial charge in [0.15, 0.2) is 0 Å². The second kappa shape index (κ2) is 7.88. The number of carbonyl (C=O) groups excluding carboxylic acids is 1. The number of carbonyl (C=O) groups is 1. The van der Waals surface area contributed by atoms with Gasteiger partial charge >= 0.3 is 0 Å². The normalized spacial score (nSPS) is 10.4. The number of benzene rings is 1. The van der Waals surface area contributed by atoms with Crippen molar-refractivity contribution in [1.82, 2.24) is 4.90 Å². The van der Waals surface area contributed by atoms with Crippen LogP contribution in [0.4, 0.5) is 0 Å². The second-order valence-corrected chi connectivity index (χ2v) is 4.43. The lowest BCUT2D eigenvalue weighted by molar-refractivity contribution is 0.0761. The van der Waals surface area contributed by atoms with E-state index in [0.29, 0.717) is 6.54 Å². The van der Waals surface area contributed by atoms with E-state index in [-0.39, 0.29) is 5.91 Å². The van der Waals surface area contributed by atoms with Crippen molar-refractivity contribution in [2.45, 2.75) is 33.1 Å². The van der Waals surface area contributed by atoms with Crippen LogP contribution in [0.15, 0.2) is 24.3 Å². The molecular weight excluding hydrogens is 224 g/mol. The molecule has 0 bridgehead atoms. The molecule has 0 aromatic heterocycles. The van der Waals surface area contributed by atoms with E-state index in [2.05, 4.69) is 6.92 Å². The Bertz CT molecular complexity index is 377. The van der Waals surface area contributed by atoms with E-state index in [1.807, 2.05) is 36.1 Å². The van der Waals surface area contributed by atoms with Gasteiger partial charge in [-0.1, -0.05) is 31.5 Å². The maximum Gasteiger partial charge on any atom is 0.254 e. The molecule has 100 valence electrons. The lowest BCUT2D eigenvalue weighted by Gasteiger charge is -2.22. The van der Waals surface area contributed by atoms with Crippen molar-refractivity contribution >= 4 is 5.91 Å². The molecule has 0 aliphatic carbocycles. The summed E-state index contributed by atoms with van der Waals surface area (Å²) in [6.45, 7) is 6.34. The first-order valence-corrected chi connectivity index (χ1v) is 6.81. The van der Waals surface area contributed by atoms with Gasteiger partial charge in [-0.3, -0.25) is 4.79 Å². The van der Waals surface area contributed by atoms with Crippen LogP contribution in [0.1, 0.15) is 42.6 Å². The predicted molar refractivity (Wildman–Crippen MR) is 75.7 cm³/mol. The van der Waals surface area contributed by atoms with Crippen molar-refractivity contribution in [2.75, 3.05) is 19.6 Å². The van der Waals surface area contributed by atoms with Crippen LogP contribution in [0.25, 0.3) is 0 Å². The summed E-state index contributed by atoms with van der Waals surface area (Å²) in [6.07, 6.45) is 2.92. The molecule has 0 fully saturated rings. The zero-order valence-corrected chi connectivity index (χ0v) is 11.5. The highest BCUT2D eigenvalue weighted by Crippen LogP contribution is 2.13. The van der Waals surface area contributed by atoms with E-state index in [4.69, 9.17) is 5.73 Å². The summed E-state index contributed by atoms with van der Waals surface area (Å²) < 4.78 is 0. The first-order valence-electron chi connectivity index (χ1n) is 6.81. The molecule has 1 amide bonds. The maximum absolute atomic E-state index is 12.5. The molecule has 0 aliphatic rings. The lowest BCUT2D eigenvalue weighted by Crippen LogP contribution is -2.32. The van der Waals surface area contributed by atoms with Crippen LogP contribution in [0.3, 0.4) is 0 Å². The summed E-state index contributed by atoms with van der Waals surface area (Å²) in [5.41, 5.74) is 7.46. The molecule has 0 saturated carbocycles. The molecule has 0 saturated heterocycles. The topological polar surface area (TPSA) is 46.3 Å². The predicted octanol–water partition coefficient (Wildman–Crippen LogP) is 2.45. The van der Waals surface area contributed by atoms with E-state index >= 15 is 0 Å². The fraction of sp³-hybridized carbons (Fsp3) is 0.533. The minimum atomic E-state index is 0.134. The summed E-state index contributed by atoms with van der Waals surface area (Å²) in [5, 5.41) is 0. The maximum atomic E-state index is 12.5. The van der Waals surface area contributed by atoms with E-state index in [1.54, 1.807) is 0 Å². The number of rotatable bonds is 7. The first kappa shape index (κ1) is 14.7. The zero-order chi connectivity index (χ0) is 13.4. The molecule has 0 aliphatic heterocycles. The Morgan fingerprint density at radius 1 is 1.28 bits per heavy atom. The molecule has 2 N–H and O–H groups in total. The molecule has 3 nitrogen and oxygen atoms in total. The minimum Gasteiger partial charge on any atom is -0.339 e. The second-order valence-electron chi connectivity index (χ2n) is 4.43. The van der Waals surface area contributed by atoms with Crippen LogP contribution >= 0.6 is 0 Å². The van der Waals surface area contributed by atoms with Crippen molar-refractivity contribution in [3.05, 3.63) is 35.4 Å². The number of hydrogen-bond acceptors (Lipinski definition) is 2. The van der Waals surface area contributed by atoms with Crippen LogP contribution in [-0.4, -0.2) is 30.4 Å². The number of amides is 1. The van der Waals surface area contributed by atoms with Gasteiger partial charge in [-0.05, 0) is 37.9 Å². The van der Waals surface area contributed by atoms with Crippen molar-refractivity contribution in [2.24, 2.45) is 5.73 Å². The lowest BCUT2D eigenvalue weighted by atomic mass is 10.0. The minimum absolute atomic E-state index is 0.134. The summed E-state index contributed by atoms with van der Waals surface area (Å²) in [4.78, 5) is 14.4. The average Bonchev–Trinajstić information content (AvgIpc) is 2.40. The smallest absolute Gasteiger partial charge is 0.254 e. The fourth-order valence-electron chi connectivity index (χ4n) is 2.03. The number of hydrogen-bond donors (Lipinski definition) is 1. The van der Waals surface area contributed by atoms with Gasteiger partial charge in [0.1, 0.15) is 0 Å². The molecule has 0 radical (unpaired) electrons. The average molecular weight is 248 g/mol. The van der Waals surface area contributed by atoms with E-state index in [1.165, 1.54) is 0 Å². The van der Waals surface area contributed by atoms with Crippen LogP contribution in [0.5, 0.6) is 0 Å². The standard InChI is InChI=1S/C15H24N2O/c1-3-5-12-17(4-2)15(18)14-9-7-6-8-13(14)10-11-16/h6-9H,3-5,10-12,16H2,1-2H3. The number of unbranched alkanes of at least 4 members (excludes halogenated alkanes) is 1. The third-order valence-electron chi connectivity index (χ3n) is 3.11. The fourth-order valence-corrected chi connectivity index (χ4v) is 2.03. The zero-order valence-electron chi connectivity index (χ0n) is 11.5. The van der Waals surface area contributed by atoms with Crippen molar-refractivity contribution in [3.63, 3.8) is 0 Å². The monoisotopic (exact) mass is 248 g/mol. The summed E-state index contributed by atoms with van der Waals surface area (Å²) in [5.74, 6) is 0.134. The van der Waals surface area contributed by atoms with Crippen LogP contribution in [0, 0.1) is 0 Å². The summed E-state index contributed by atoms with van der Waals surface area (Å²) in [6, 6.07) is 7.78. The van der Waals surface area contributed by atoms with E-state index in [9.17, 15) is 4.79 Å². The van der Waals surface area contributed by atoms with Crippen molar-refractivity contribution in [3.8, 4) is 0 Å². The molecule has 0 atom stereocenters. The van der Waals surface area contributed by atoms with Gasteiger partial charge in [0.05, 0.1) is 0 Å². The van der Waals surface area contributed by atoms with Gasteiger partial charge in [0.2, 0.25) is 0 Å². The molecular formula is C15H24N2O. The third kappa shape index (κ3) is 3.84. The first-order chi connectivity index (χ1) is 8.74. The van der Waals surface area contributed by atoms with E-state index < -0.39 is 0 Å². The van der Waals surface area contributed by atoms with Crippen LogP contribution in [0.2, 0.25) is 0 Å². The Hall–Kier alpha value is -1.35. The Labute approximate surface area is 110 Å². The molecule has 1 aromatic rings. The molecule has 1 rings (SSSR count). The Balaban J connectivity index is 2.86. The molecule has 1 aromatic carbocycles. The Morgan fingerprint density at radius 3 is 2.61 bits per heavy atom. The Morgan fingerprint density at radius 2 is 2.00 bits per heavy atom. The van der Waals surface area contributed by atoms with E-state index in [0.717, 1.165) is 43.5 Å². The molecule has 0 spiro atoms. The molecule has 18 heavy (non-hydrogen) atoms.